The smallest absolute Gasteiger partial charge is 0.249 e. The predicted molar refractivity (Wildman–Crippen MR) is 95.0 cm³/mol. The van der Waals surface area contributed by atoms with Crippen LogP contribution in [-0.4, -0.2) is 11.8 Å². The van der Waals surface area contributed by atoms with Gasteiger partial charge in [-0.1, -0.05) is 41.5 Å². The number of benzene rings is 1. The quantitative estimate of drug-likeness (QED) is 0.861. The number of carbonyl (C=O) groups is 2. The molecule has 3 rings (SSSR count). The summed E-state index contributed by atoms with van der Waals surface area (Å²) >= 11 is 0. The first-order valence-corrected chi connectivity index (χ1v) is 8.57. The van der Waals surface area contributed by atoms with Crippen molar-refractivity contribution in [3.05, 3.63) is 53.6 Å². The summed E-state index contributed by atoms with van der Waals surface area (Å²) in [6.45, 7) is 4.17. The van der Waals surface area contributed by atoms with E-state index in [1.807, 2.05) is 30.3 Å². The van der Waals surface area contributed by atoms with Gasteiger partial charge in [0.2, 0.25) is 11.8 Å². The Labute approximate surface area is 143 Å². The van der Waals surface area contributed by atoms with Gasteiger partial charge in [-0.2, -0.15) is 0 Å². The Balaban J connectivity index is 1.74. The summed E-state index contributed by atoms with van der Waals surface area (Å²) < 4.78 is 0. The second kappa shape index (κ2) is 7.04. The molecule has 0 radical (unpaired) electrons. The average molecular weight is 324 g/mol. The van der Waals surface area contributed by atoms with Crippen molar-refractivity contribution >= 4 is 17.5 Å². The highest BCUT2D eigenvalue weighted by molar-refractivity contribution is 6.04. The van der Waals surface area contributed by atoms with Crippen LogP contribution in [0.5, 0.6) is 0 Å². The Morgan fingerprint density at radius 1 is 1.21 bits per heavy atom. The normalized spacial score (nSPS) is 25.2. The molecular weight excluding hydrogens is 300 g/mol. The van der Waals surface area contributed by atoms with E-state index < -0.39 is 0 Å². The standard InChI is InChI=1S/C20H24N2O2/c1-14(2)7-6-8-15-11-12-17-18(13-15)19(23)21-22(20(17)24)16-9-4-3-5-10-16/h3-5,7-10,17-18H,6,11-13H2,1-2H3,(H,21,23)/t17-,18+/m1/s1. The van der Waals surface area contributed by atoms with E-state index >= 15 is 0 Å². The summed E-state index contributed by atoms with van der Waals surface area (Å²) in [6, 6.07) is 9.31. The Kier molecular flexibility index (Phi) is 4.84. The van der Waals surface area contributed by atoms with E-state index in [9.17, 15) is 9.59 Å². The lowest BCUT2D eigenvalue weighted by atomic mass is 9.74. The summed E-state index contributed by atoms with van der Waals surface area (Å²) in [4.78, 5) is 25.3. The molecule has 2 aliphatic rings. The second-order valence-electron chi connectivity index (χ2n) is 6.82. The molecule has 1 aromatic rings. The molecule has 1 saturated carbocycles. The molecule has 1 N–H and O–H groups in total. The molecule has 0 bridgehead atoms. The molecule has 0 aromatic heterocycles. The number of nitrogens with one attached hydrogen (secondary N) is 1. The van der Waals surface area contributed by atoms with E-state index in [1.54, 1.807) is 0 Å². The van der Waals surface area contributed by atoms with Gasteiger partial charge in [0.15, 0.2) is 0 Å². The van der Waals surface area contributed by atoms with Gasteiger partial charge in [-0.25, -0.2) is 5.01 Å². The number of hydrogen-bond acceptors (Lipinski definition) is 2. The van der Waals surface area contributed by atoms with Crippen LogP contribution in [0.15, 0.2) is 53.6 Å². The van der Waals surface area contributed by atoms with Crippen molar-refractivity contribution in [3.63, 3.8) is 0 Å². The van der Waals surface area contributed by atoms with Crippen LogP contribution in [0.3, 0.4) is 0 Å². The van der Waals surface area contributed by atoms with Crippen molar-refractivity contribution in [2.24, 2.45) is 11.8 Å². The third-order valence-electron chi connectivity index (χ3n) is 4.79. The van der Waals surface area contributed by atoms with Gasteiger partial charge >= 0.3 is 0 Å². The number of rotatable bonds is 3. The SMILES string of the molecule is CC(C)=CCC=C1CC[C@H]2C(=O)N(c3ccccc3)NC(=O)[C@H]2C1. The molecule has 2 amide bonds. The second-order valence-corrected chi connectivity index (χ2v) is 6.82. The lowest BCUT2D eigenvalue weighted by Crippen LogP contribution is -2.59. The highest BCUT2D eigenvalue weighted by atomic mass is 16.2. The molecule has 0 spiro atoms. The van der Waals surface area contributed by atoms with Crippen LogP contribution in [0.4, 0.5) is 5.69 Å². The fourth-order valence-corrected chi connectivity index (χ4v) is 3.47. The molecule has 2 atom stereocenters. The highest BCUT2D eigenvalue weighted by Gasteiger charge is 2.44. The molecule has 1 aliphatic heterocycles. The molecular formula is C20H24N2O2. The third kappa shape index (κ3) is 3.42. The Bertz CT molecular complexity index is 687. The predicted octanol–water partition coefficient (Wildman–Crippen LogP) is 3.76. The average Bonchev–Trinajstić information content (AvgIpc) is 2.58. The number of allylic oxidation sites excluding steroid dienone is 4. The first kappa shape index (κ1) is 16.5. The molecule has 4 nitrogen and oxygen atoms in total. The monoisotopic (exact) mass is 324 g/mol. The van der Waals surface area contributed by atoms with E-state index in [4.69, 9.17) is 0 Å². The van der Waals surface area contributed by atoms with Crippen molar-refractivity contribution in [3.8, 4) is 0 Å². The van der Waals surface area contributed by atoms with Crippen LogP contribution in [0.1, 0.15) is 39.5 Å². The lowest BCUT2D eigenvalue weighted by molar-refractivity contribution is -0.140. The van der Waals surface area contributed by atoms with Crippen LogP contribution in [0.25, 0.3) is 0 Å². The maximum atomic E-state index is 12.8. The zero-order valence-corrected chi connectivity index (χ0v) is 14.3. The number of nitrogens with zero attached hydrogens (tertiary/aromatic N) is 1. The lowest BCUT2D eigenvalue weighted by Gasteiger charge is -2.40. The fraction of sp³-hybridized carbons (Fsp3) is 0.400. The van der Waals surface area contributed by atoms with Crippen LogP contribution in [-0.2, 0) is 9.59 Å². The minimum absolute atomic E-state index is 0.00847. The first-order chi connectivity index (χ1) is 11.6. The van der Waals surface area contributed by atoms with Crippen molar-refractivity contribution in [2.75, 3.05) is 5.01 Å². The molecule has 1 aromatic carbocycles. The fourth-order valence-electron chi connectivity index (χ4n) is 3.47. The number of hydrogen-bond donors (Lipinski definition) is 1. The van der Waals surface area contributed by atoms with Crippen LogP contribution >= 0.6 is 0 Å². The zero-order valence-electron chi connectivity index (χ0n) is 14.3. The van der Waals surface area contributed by atoms with Gasteiger partial charge in [0, 0.05) is 0 Å². The van der Waals surface area contributed by atoms with Crippen LogP contribution in [0.2, 0.25) is 0 Å². The van der Waals surface area contributed by atoms with Gasteiger partial charge in [-0.3, -0.25) is 15.0 Å². The van der Waals surface area contributed by atoms with Gasteiger partial charge in [0.25, 0.3) is 0 Å². The maximum Gasteiger partial charge on any atom is 0.249 e. The minimum Gasteiger partial charge on any atom is -0.273 e. The van der Waals surface area contributed by atoms with Crippen LogP contribution < -0.4 is 10.4 Å². The Hall–Kier alpha value is -2.36. The molecule has 1 heterocycles. The summed E-state index contributed by atoms with van der Waals surface area (Å²) in [7, 11) is 0. The molecule has 126 valence electrons. The molecule has 24 heavy (non-hydrogen) atoms. The van der Waals surface area contributed by atoms with E-state index in [0.29, 0.717) is 6.42 Å². The molecule has 0 unspecified atom stereocenters. The van der Waals surface area contributed by atoms with Crippen molar-refractivity contribution < 1.29 is 9.59 Å². The Morgan fingerprint density at radius 3 is 2.67 bits per heavy atom. The molecule has 2 fully saturated rings. The van der Waals surface area contributed by atoms with Gasteiger partial charge in [0.05, 0.1) is 17.5 Å². The summed E-state index contributed by atoms with van der Waals surface area (Å²) in [5.74, 6) is -0.478. The number of carbonyl (C=O) groups excluding carboxylic acids is 2. The van der Waals surface area contributed by atoms with E-state index in [2.05, 4.69) is 31.4 Å². The number of amides is 2. The van der Waals surface area contributed by atoms with E-state index in [0.717, 1.165) is 24.9 Å². The van der Waals surface area contributed by atoms with Gasteiger partial charge < -0.3 is 0 Å². The van der Waals surface area contributed by atoms with Gasteiger partial charge in [-0.15, -0.1) is 0 Å². The van der Waals surface area contributed by atoms with E-state index in [1.165, 1.54) is 16.2 Å². The molecule has 1 saturated heterocycles. The number of hydrazine groups is 1. The summed E-state index contributed by atoms with van der Waals surface area (Å²) in [5.41, 5.74) is 6.10. The van der Waals surface area contributed by atoms with Crippen molar-refractivity contribution in [1.82, 2.24) is 5.43 Å². The molecule has 4 heteroatoms. The Morgan fingerprint density at radius 2 is 1.96 bits per heavy atom. The number of fused-ring (bicyclic) bond motifs is 1. The highest BCUT2D eigenvalue weighted by Crippen LogP contribution is 2.38. The minimum atomic E-state index is -0.232. The largest absolute Gasteiger partial charge is 0.273 e. The summed E-state index contributed by atoms with van der Waals surface area (Å²) in [5, 5.41) is 1.42. The van der Waals surface area contributed by atoms with Gasteiger partial charge in [0.1, 0.15) is 0 Å². The maximum absolute atomic E-state index is 12.8. The first-order valence-electron chi connectivity index (χ1n) is 8.57. The van der Waals surface area contributed by atoms with Gasteiger partial charge in [-0.05, 0) is 51.7 Å². The zero-order chi connectivity index (χ0) is 17.1. The van der Waals surface area contributed by atoms with E-state index in [-0.39, 0.29) is 23.7 Å². The molecule has 1 aliphatic carbocycles. The number of para-hydroxylation sites is 1. The third-order valence-corrected chi connectivity index (χ3v) is 4.79. The summed E-state index contributed by atoms with van der Waals surface area (Å²) in [6.07, 6.45) is 7.65. The van der Waals surface area contributed by atoms with Crippen LogP contribution in [0, 0.1) is 11.8 Å². The topological polar surface area (TPSA) is 49.4 Å². The van der Waals surface area contributed by atoms with Crippen molar-refractivity contribution in [2.45, 2.75) is 39.5 Å². The van der Waals surface area contributed by atoms with Crippen molar-refractivity contribution in [1.29, 1.82) is 0 Å². The number of anilines is 1.